The van der Waals surface area contributed by atoms with E-state index in [9.17, 15) is 10.1 Å². The fourth-order valence-corrected chi connectivity index (χ4v) is 2.28. The van der Waals surface area contributed by atoms with Crippen LogP contribution in [-0.4, -0.2) is 14.7 Å². The van der Waals surface area contributed by atoms with Crippen LogP contribution in [0.5, 0.6) is 0 Å². The second-order valence-corrected chi connectivity index (χ2v) is 6.37. The molecule has 1 aromatic heterocycles. The Labute approximate surface area is 123 Å². The highest BCUT2D eigenvalue weighted by Crippen LogP contribution is 2.33. The van der Waals surface area contributed by atoms with Crippen LogP contribution >= 0.6 is 0 Å². The molecule has 1 heterocycles. The number of hydrogen-bond acceptors (Lipinski definition) is 4. The van der Waals surface area contributed by atoms with E-state index in [0.29, 0.717) is 12.1 Å². The molecule has 112 valence electrons. The third-order valence-corrected chi connectivity index (χ3v) is 3.19. The van der Waals surface area contributed by atoms with Gasteiger partial charge in [-0.25, -0.2) is 4.68 Å². The summed E-state index contributed by atoms with van der Waals surface area (Å²) in [6, 6.07) is 7.54. The molecule has 0 bridgehead atoms. The summed E-state index contributed by atoms with van der Waals surface area (Å²) in [5.74, 6) is 0.0774. The molecule has 0 saturated heterocycles. The average Bonchev–Trinajstić information content (AvgIpc) is 2.64. The lowest BCUT2D eigenvalue weighted by atomic mass is 9.90. The van der Waals surface area contributed by atoms with Gasteiger partial charge in [-0.05, 0) is 24.0 Å². The average molecular weight is 288 g/mol. The number of hydrogen-bond donors (Lipinski definition) is 1. The summed E-state index contributed by atoms with van der Waals surface area (Å²) in [5, 5.41) is 15.7. The zero-order valence-electron chi connectivity index (χ0n) is 12.8. The number of nitrogens with zero attached hydrogens (tertiary/aromatic N) is 3. The zero-order valence-corrected chi connectivity index (χ0v) is 12.8. The van der Waals surface area contributed by atoms with E-state index in [0.717, 1.165) is 11.3 Å². The number of anilines is 1. The fraction of sp³-hybridized carbons (Fsp3) is 0.400. The predicted octanol–water partition coefficient (Wildman–Crippen LogP) is 3.26. The molecule has 2 aromatic rings. The van der Waals surface area contributed by atoms with E-state index in [1.807, 2.05) is 52.0 Å². The Kier molecular flexibility index (Phi) is 3.72. The molecule has 6 heteroatoms. The van der Waals surface area contributed by atoms with Gasteiger partial charge in [0.25, 0.3) is 0 Å². The van der Waals surface area contributed by atoms with Gasteiger partial charge in [0.1, 0.15) is 5.69 Å². The Morgan fingerprint density at radius 2 is 1.95 bits per heavy atom. The Bertz CT molecular complexity index is 683. The molecule has 0 saturated carbocycles. The van der Waals surface area contributed by atoms with E-state index in [1.54, 1.807) is 0 Å². The molecule has 21 heavy (non-hydrogen) atoms. The Balaban J connectivity index is 2.62. The summed E-state index contributed by atoms with van der Waals surface area (Å²) in [6.45, 7) is 7.96. The standard InChI is InChI=1S/C15H20N4O2/c1-10-7-5-6-8-12(10)18-14(16)13(19(20)21)11(17-18)9-15(2,3)4/h5-8H,9,16H2,1-4H3. The number of aryl methyl sites for hydroxylation is 1. The summed E-state index contributed by atoms with van der Waals surface area (Å²) in [4.78, 5) is 10.9. The monoisotopic (exact) mass is 288 g/mol. The van der Waals surface area contributed by atoms with Crippen LogP contribution in [0.25, 0.3) is 5.69 Å². The van der Waals surface area contributed by atoms with Crippen molar-refractivity contribution in [2.24, 2.45) is 5.41 Å². The largest absolute Gasteiger partial charge is 0.378 e. The number of benzene rings is 1. The van der Waals surface area contributed by atoms with Crippen LogP contribution in [0.3, 0.4) is 0 Å². The number of aromatic nitrogens is 2. The Morgan fingerprint density at radius 1 is 1.33 bits per heavy atom. The van der Waals surface area contributed by atoms with Crippen molar-refractivity contribution in [3.05, 3.63) is 45.6 Å². The first kappa shape index (κ1) is 15.0. The third kappa shape index (κ3) is 3.04. The van der Waals surface area contributed by atoms with Crippen LogP contribution in [0.4, 0.5) is 11.5 Å². The molecular formula is C15H20N4O2. The third-order valence-electron chi connectivity index (χ3n) is 3.19. The molecule has 2 rings (SSSR count). The van der Waals surface area contributed by atoms with Gasteiger partial charge >= 0.3 is 5.69 Å². The number of para-hydroxylation sites is 1. The molecule has 6 nitrogen and oxygen atoms in total. The van der Waals surface area contributed by atoms with Crippen molar-refractivity contribution in [3.8, 4) is 5.69 Å². The topological polar surface area (TPSA) is 87.0 Å². The SMILES string of the molecule is Cc1ccccc1-n1nc(CC(C)(C)C)c([N+](=O)[O-])c1N. The molecule has 0 radical (unpaired) electrons. The maximum Gasteiger partial charge on any atom is 0.334 e. The molecule has 1 aromatic carbocycles. The van der Waals surface area contributed by atoms with E-state index >= 15 is 0 Å². The predicted molar refractivity (Wildman–Crippen MR) is 82.5 cm³/mol. The molecule has 0 spiro atoms. The van der Waals surface area contributed by atoms with Gasteiger partial charge in [-0.3, -0.25) is 10.1 Å². The van der Waals surface area contributed by atoms with Crippen molar-refractivity contribution in [3.63, 3.8) is 0 Å². The lowest BCUT2D eigenvalue weighted by Gasteiger charge is -2.15. The van der Waals surface area contributed by atoms with Crippen molar-refractivity contribution in [2.75, 3.05) is 5.73 Å². The van der Waals surface area contributed by atoms with Crippen molar-refractivity contribution < 1.29 is 4.92 Å². The van der Waals surface area contributed by atoms with Crippen LogP contribution in [-0.2, 0) is 6.42 Å². The number of nitro groups is 1. The molecule has 0 amide bonds. The molecular weight excluding hydrogens is 268 g/mol. The Morgan fingerprint density at radius 3 is 2.48 bits per heavy atom. The van der Waals surface area contributed by atoms with E-state index < -0.39 is 4.92 Å². The van der Waals surface area contributed by atoms with Gasteiger partial charge in [0.05, 0.1) is 10.6 Å². The highest BCUT2D eigenvalue weighted by Gasteiger charge is 2.29. The summed E-state index contributed by atoms with van der Waals surface area (Å²) >= 11 is 0. The van der Waals surface area contributed by atoms with Crippen molar-refractivity contribution in [2.45, 2.75) is 34.1 Å². The van der Waals surface area contributed by atoms with Gasteiger partial charge in [-0.15, -0.1) is 0 Å². The molecule has 0 atom stereocenters. The van der Waals surface area contributed by atoms with E-state index in [4.69, 9.17) is 5.73 Å². The molecule has 0 aliphatic carbocycles. The highest BCUT2D eigenvalue weighted by molar-refractivity contribution is 5.61. The maximum absolute atomic E-state index is 11.3. The number of nitrogen functional groups attached to an aromatic ring is 1. The second-order valence-electron chi connectivity index (χ2n) is 6.37. The molecule has 0 aliphatic heterocycles. The summed E-state index contributed by atoms with van der Waals surface area (Å²) in [6.07, 6.45) is 0.492. The summed E-state index contributed by atoms with van der Waals surface area (Å²) < 4.78 is 1.47. The van der Waals surface area contributed by atoms with Crippen LogP contribution in [0, 0.1) is 22.5 Å². The van der Waals surface area contributed by atoms with Crippen LogP contribution in [0.1, 0.15) is 32.0 Å². The van der Waals surface area contributed by atoms with Crippen molar-refractivity contribution in [1.82, 2.24) is 9.78 Å². The van der Waals surface area contributed by atoms with Crippen LogP contribution in [0.15, 0.2) is 24.3 Å². The fourth-order valence-electron chi connectivity index (χ4n) is 2.28. The van der Waals surface area contributed by atoms with Gasteiger partial charge in [0, 0.05) is 6.42 Å². The smallest absolute Gasteiger partial charge is 0.334 e. The molecule has 0 fully saturated rings. The van der Waals surface area contributed by atoms with E-state index in [1.165, 1.54) is 4.68 Å². The normalized spacial score (nSPS) is 11.6. The Hall–Kier alpha value is -2.37. The van der Waals surface area contributed by atoms with Gasteiger partial charge in [-0.1, -0.05) is 39.0 Å². The number of nitrogens with two attached hydrogens (primary N) is 1. The van der Waals surface area contributed by atoms with Gasteiger partial charge < -0.3 is 5.73 Å². The van der Waals surface area contributed by atoms with Gasteiger partial charge in [0.15, 0.2) is 0 Å². The van der Waals surface area contributed by atoms with Crippen molar-refractivity contribution in [1.29, 1.82) is 0 Å². The minimum atomic E-state index is -0.446. The number of rotatable bonds is 3. The molecule has 2 N–H and O–H groups in total. The van der Waals surface area contributed by atoms with Crippen molar-refractivity contribution >= 4 is 11.5 Å². The summed E-state index contributed by atoms with van der Waals surface area (Å²) in [5.41, 5.74) is 7.93. The van der Waals surface area contributed by atoms with Gasteiger partial charge in [0.2, 0.25) is 5.82 Å². The summed E-state index contributed by atoms with van der Waals surface area (Å²) in [7, 11) is 0. The van der Waals surface area contributed by atoms with E-state index in [-0.39, 0.29) is 16.9 Å². The highest BCUT2D eigenvalue weighted by atomic mass is 16.6. The van der Waals surface area contributed by atoms with Crippen LogP contribution < -0.4 is 5.73 Å². The first-order chi connectivity index (χ1) is 9.70. The second kappa shape index (κ2) is 5.20. The van der Waals surface area contributed by atoms with E-state index in [2.05, 4.69) is 5.10 Å². The zero-order chi connectivity index (χ0) is 15.8. The lowest BCUT2D eigenvalue weighted by molar-refractivity contribution is -0.384. The molecule has 0 aliphatic rings. The molecule has 0 unspecified atom stereocenters. The van der Waals surface area contributed by atoms with Crippen LogP contribution in [0.2, 0.25) is 0 Å². The first-order valence-corrected chi connectivity index (χ1v) is 6.78. The first-order valence-electron chi connectivity index (χ1n) is 6.78. The minimum Gasteiger partial charge on any atom is -0.378 e. The lowest BCUT2D eigenvalue weighted by Crippen LogP contribution is -2.11. The minimum absolute atomic E-state index is 0.0774. The maximum atomic E-state index is 11.3. The quantitative estimate of drug-likeness (QED) is 0.693. The van der Waals surface area contributed by atoms with Gasteiger partial charge in [-0.2, -0.15) is 5.10 Å².